The highest BCUT2D eigenvalue weighted by Crippen LogP contribution is 2.17. The molecule has 2 aromatic carbocycles. The number of hydrogen-bond acceptors (Lipinski definition) is 1. The van der Waals surface area contributed by atoms with Gasteiger partial charge in [-0.2, -0.15) is 0 Å². The number of anilines is 2. The van der Waals surface area contributed by atoms with E-state index in [-0.39, 0.29) is 10.8 Å². The zero-order valence-corrected chi connectivity index (χ0v) is 12.0. The van der Waals surface area contributed by atoms with E-state index < -0.39 is 11.6 Å². The van der Waals surface area contributed by atoms with Gasteiger partial charge in [0.2, 0.25) is 0 Å². The third-order valence-corrected chi connectivity index (χ3v) is 3.01. The maximum Gasteiger partial charge on any atom is 0.175 e. The molecule has 0 aromatic heterocycles. The van der Waals surface area contributed by atoms with Gasteiger partial charge in [0.15, 0.2) is 5.11 Å². The molecule has 0 saturated heterocycles. The largest absolute Gasteiger partial charge is 0.332 e. The normalized spacial score (nSPS) is 10.1. The molecular weight excluding hydrogens is 334 g/mol. The van der Waals surface area contributed by atoms with Crippen molar-refractivity contribution in [2.24, 2.45) is 0 Å². The van der Waals surface area contributed by atoms with Crippen molar-refractivity contribution < 1.29 is 8.78 Å². The minimum absolute atomic E-state index is 0.121. The van der Waals surface area contributed by atoms with E-state index in [1.165, 1.54) is 6.07 Å². The van der Waals surface area contributed by atoms with E-state index in [9.17, 15) is 8.78 Å². The number of benzene rings is 2. The third kappa shape index (κ3) is 3.97. The van der Waals surface area contributed by atoms with Crippen molar-refractivity contribution in [2.45, 2.75) is 0 Å². The lowest BCUT2D eigenvalue weighted by Gasteiger charge is -2.11. The van der Waals surface area contributed by atoms with Crippen LogP contribution in [0.5, 0.6) is 0 Å². The van der Waals surface area contributed by atoms with E-state index >= 15 is 0 Å². The molecule has 0 amide bonds. The van der Waals surface area contributed by atoms with Gasteiger partial charge in [-0.1, -0.05) is 15.9 Å². The summed E-state index contributed by atoms with van der Waals surface area (Å²) in [7, 11) is 0. The first-order chi connectivity index (χ1) is 9.04. The van der Waals surface area contributed by atoms with Crippen LogP contribution in [0.4, 0.5) is 20.2 Å². The van der Waals surface area contributed by atoms with Gasteiger partial charge in [0, 0.05) is 16.2 Å². The summed E-state index contributed by atoms with van der Waals surface area (Å²) in [6, 6.07) is 10.6. The Hall–Kier alpha value is -1.53. The van der Waals surface area contributed by atoms with Gasteiger partial charge in [-0.15, -0.1) is 0 Å². The summed E-state index contributed by atoms with van der Waals surface area (Å²) < 4.78 is 27.1. The summed E-state index contributed by atoms with van der Waals surface area (Å²) in [5, 5.41) is 5.80. The Morgan fingerprint density at radius 1 is 1.00 bits per heavy atom. The highest BCUT2D eigenvalue weighted by atomic mass is 79.9. The molecule has 2 rings (SSSR count). The Labute approximate surface area is 123 Å². The topological polar surface area (TPSA) is 24.1 Å². The van der Waals surface area contributed by atoms with Crippen molar-refractivity contribution in [3.63, 3.8) is 0 Å². The molecule has 6 heteroatoms. The standard InChI is InChI=1S/C13H9BrF2N2S/c14-8-1-4-10(5-2-8)17-13(19)18-12-6-3-9(15)7-11(12)16/h1-7H,(H2,17,18,19). The van der Waals surface area contributed by atoms with Gasteiger partial charge in [-0.05, 0) is 48.6 Å². The van der Waals surface area contributed by atoms with Gasteiger partial charge in [-0.3, -0.25) is 0 Å². The van der Waals surface area contributed by atoms with Crippen molar-refractivity contribution in [1.82, 2.24) is 0 Å². The van der Waals surface area contributed by atoms with E-state index in [2.05, 4.69) is 26.6 Å². The van der Waals surface area contributed by atoms with Crippen LogP contribution in [0.1, 0.15) is 0 Å². The summed E-state index contributed by atoms with van der Waals surface area (Å²) in [5.74, 6) is -1.32. The first-order valence-corrected chi connectivity index (χ1v) is 6.53. The Balaban J connectivity index is 2.03. The minimum atomic E-state index is -0.694. The fourth-order valence-corrected chi connectivity index (χ4v) is 1.90. The van der Waals surface area contributed by atoms with Crippen molar-refractivity contribution in [3.8, 4) is 0 Å². The summed E-state index contributed by atoms with van der Waals surface area (Å²) in [4.78, 5) is 0. The number of nitrogens with one attached hydrogen (secondary N) is 2. The molecule has 0 radical (unpaired) electrons. The number of rotatable bonds is 2. The Morgan fingerprint density at radius 3 is 2.32 bits per heavy atom. The molecule has 0 heterocycles. The predicted molar refractivity (Wildman–Crippen MR) is 80.3 cm³/mol. The van der Waals surface area contributed by atoms with Crippen LogP contribution in [-0.2, 0) is 0 Å². The zero-order chi connectivity index (χ0) is 13.8. The maximum atomic E-state index is 13.4. The Kier molecular flexibility index (Phi) is 4.44. The summed E-state index contributed by atoms with van der Waals surface area (Å²) in [6.45, 7) is 0. The Bertz CT molecular complexity index is 602. The molecule has 2 nitrogen and oxygen atoms in total. The quantitative estimate of drug-likeness (QED) is 0.783. The molecule has 0 spiro atoms. The van der Waals surface area contributed by atoms with E-state index in [4.69, 9.17) is 12.2 Å². The molecule has 2 N–H and O–H groups in total. The highest BCUT2D eigenvalue weighted by Gasteiger charge is 2.05. The number of thiocarbonyl (C=S) groups is 1. The van der Waals surface area contributed by atoms with E-state index in [0.29, 0.717) is 0 Å². The van der Waals surface area contributed by atoms with E-state index in [0.717, 1.165) is 22.3 Å². The highest BCUT2D eigenvalue weighted by molar-refractivity contribution is 9.10. The second-order valence-electron chi connectivity index (χ2n) is 3.71. The average molecular weight is 343 g/mol. The summed E-state index contributed by atoms with van der Waals surface area (Å²) in [6.07, 6.45) is 0. The summed E-state index contributed by atoms with van der Waals surface area (Å²) in [5.41, 5.74) is 0.888. The first kappa shape index (κ1) is 13.9. The van der Waals surface area contributed by atoms with Gasteiger partial charge in [0.25, 0.3) is 0 Å². The van der Waals surface area contributed by atoms with Gasteiger partial charge in [0.1, 0.15) is 11.6 Å². The van der Waals surface area contributed by atoms with Crippen molar-refractivity contribution in [3.05, 3.63) is 58.6 Å². The third-order valence-electron chi connectivity index (χ3n) is 2.28. The minimum Gasteiger partial charge on any atom is -0.332 e. The van der Waals surface area contributed by atoms with Crippen LogP contribution < -0.4 is 10.6 Å². The number of halogens is 3. The zero-order valence-electron chi connectivity index (χ0n) is 9.58. The van der Waals surface area contributed by atoms with Crippen LogP contribution in [0.2, 0.25) is 0 Å². The van der Waals surface area contributed by atoms with E-state index in [1.54, 1.807) is 0 Å². The average Bonchev–Trinajstić information content (AvgIpc) is 2.36. The second kappa shape index (κ2) is 6.08. The molecule has 0 aliphatic rings. The molecule has 0 aliphatic carbocycles. The van der Waals surface area contributed by atoms with Gasteiger partial charge in [-0.25, -0.2) is 8.78 Å². The molecule has 0 bridgehead atoms. The smallest absolute Gasteiger partial charge is 0.175 e. The van der Waals surface area contributed by atoms with Crippen LogP contribution in [0.15, 0.2) is 46.9 Å². The molecule has 19 heavy (non-hydrogen) atoms. The first-order valence-electron chi connectivity index (χ1n) is 5.33. The van der Waals surface area contributed by atoms with Crippen LogP contribution >= 0.6 is 28.1 Å². The molecule has 2 aromatic rings. The second-order valence-corrected chi connectivity index (χ2v) is 5.03. The maximum absolute atomic E-state index is 13.4. The molecular formula is C13H9BrF2N2S. The fraction of sp³-hybridized carbons (Fsp3) is 0. The molecule has 0 aliphatic heterocycles. The summed E-state index contributed by atoms with van der Waals surface area (Å²) >= 11 is 8.37. The molecule has 0 atom stereocenters. The van der Waals surface area contributed by atoms with Crippen LogP contribution in [0.3, 0.4) is 0 Å². The van der Waals surface area contributed by atoms with Crippen molar-refractivity contribution >= 4 is 44.6 Å². The van der Waals surface area contributed by atoms with Crippen LogP contribution in [0, 0.1) is 11.6 Å². The molecule has 0 unspecified atom stereocenters. The monoisotopic (exact) mass is 342 g/mol. The lowest BCUT2D eigenvalue weighted by molar-refractivity contribution is 0.586. The van der Waals surface area contributed by atoms with Crippen molar-refractivity contribution in [1.29, 1.82) is 0 Å². The van der Waals surface area contributed by atoms with Gasteiger partial charge in [0.05, 0.1) is 5.69 Å². The van der Waals surface area contributed by atoms with E-state index in [1.807, 2.05) is 24.3 Å². The van der Waals surface area contributed by atoms with Crippen LogP contribution in [0.25, 0.3) is 0 Å². The molecule has 0 fully saturated rings. The van der Waals surface area contributed by atoms with Crippen LogP contribution in [-0.4, -0.2) is 5.11 Å². The van der Waals surface area contributed by atoms with Gasteiger partial charge < -0.3 is 10.6 Å². The Morgan fingerprint density at radius 2 is 1.68 bits per heavy atom. The predicted octanol–water partition coefficient (Wildman–Crippen LogP) is 4.54. The van der Waals surface area contributed by atoms with Crippen molar-refractivity contribution in [2.75, 3.05) is 10.6 Å². The SMILES string of the molecule is Fc1ccc(NC(=S)Nc2ccc(Br)cc2)c(F)c1. The lowest BCUT2D eigenvalue weighted by Crippen LogP contribution is -2.19. The van der Waals surface area contributed by atoms with Gasteiger partial charge >= 0.3 is 0 Å². The molecule has 0 saturated carbocycles. The molecule has 98 valence electrons. The lowest BCUT2D eigenvalue weighted by atomic mass is 10.3. The fourth-order valence-electron chi connectivity index (χ4n) is 1.41. The number of hydrogen-bond donors (Lipinski definition) is 2.